The molecule has 0 bridgehead atoms. The van der Waals surface area contributed by atoms with Crippen molar-refractivity contribution in [2.75, 3.05) is 16.9 Å². The maximum atomic E-state index is 11.4. The van der Waals surface area contributed by atoms with Gasteiger partial charge in [-0.25, -0.2) is 15.8 Å². The highest BCUT2D eigenvalue weighted by molar-refractivity contribution is 5.70. The molecule has 0 amide bonds. The molecule has 1 aliphatic heterocycles. The fraction of sp³-hybridized carbons (Fsp3) is 0.692. The van der Waals surface area contributed by atoms with E-state index in [4.69, 9.17) is 5.84 Å². The van der Waals surface area contributed by atoms with Crippen LogP contribution in [0.25, 0.3) is 0 Å². The second-order valence-electron chi connectivity index (χ2n) is 5.74. The van der Waals surface area contributed by atoms with Crippen LogP contribution in [0.1, 0.15) is 38.5 Å². The molecular formula is C13H20N6O2. The van der Waals surface area contributed by atoms with E-state index in [-0.39, 0.29) is 11.5 Å². The van der Waals surface area contributed by atoms with E-state index < -0.39 is 4.92 Å². The number of nitro groups is 1. The summed E-state index contributed by atoms with van der Waals surface area (Å²) in [4.78, 5) is 21.1. The molecule has 3 rings (SSSR count). The molecule has 8 heteroatoms. The molecule has 8 nitrogen and oxygen atoms in total. The van der Waals surface area contributed by atoms with Crippen LogP contribution in [0, 0.1) is 16.0 Å². The van der Waals surface area contributed by atoms with Crippen molar-refractivity contribution in [2.45, 2.75) is 44.6 Å². The van der Waals surface area contributed by atoms with Crippen molar-refractivity contribution in [3.05, 3.63) is 16.4 Å². The molecule has 1 aromatic heterocycles. The highest BCUT2D eigenvalue weighted by Crippen LogP contribution is 2.41. The minimum absolute atomic E-state index is 0.0714. The van der Waals surface area contributed by atoms with Gasteiger partial charge in [-0.05, 0) is 31.6 Å². The maximum Gasteiger partial charge on any atom is 0.354 e. The summed E-state index contributed by atoms with van der Waals surface area (Å²) in [5.74, 6) is 6.44. The van der Waals surface area contributed by atoms with E-state index in [2.05, 4.69) is 20.3 Å². The summed E-state index contributed by atoms with van der Waals surface area (Å²) in [5, 5.41) is 11.4. The molecule has 1 atom stereocenters. The molecular weight excluding hydrogens is 272 g/mol. The van der Waals surface area contributed by atoms with Crippen LogP contribution in [0.3, 0.4) is 0 Å². The first-order valence-corrected chi connectivity index (χ1v) is 7.45. The Morgan fingerprint density at radius 1 is 1.29 bits per heavy atom. The van der Waals surface area contributed by atoms with Crippen molar-refractivity contribution < 1.29 is 4.92 Å². The second-order valence-corrected chi connectivity index (χ2v) is 5.74. The summed E-state index contributed by atoms with van der Waals surface area (Å²) in [7, 11) is 0. The maximum absolute atomic E-state index is 11.4. The summed E-state index contributed by atoms with van der Waals surface area (Å²) in [6.07, 6.45) is 8.41. The number of nitrogen functional groups attached to an aromatic ring is 1. The first-order chi connectivity index (χ1) is 10.2. The molecule has 0 aromatic carbocycles. The quantitative estimate of drug-likeness (QED) is 0.494. The predicted octanol–water partition coefficient (Wildman–Crippen LogP) is 1.83. The third-order valence-corrected chi connectivity index (χ3v) is 4.64. The standard InChI is InChI=1S/C13H20N6O2/c14-17-12-11(19(20)21)13(16-8-15-12)18-7-3-6-10(18)9-4-1-2-5-9/h8-10H,1-7,14H2,(H,15,16,17). The number of hydrogen-bond donors (Lipinski definition) is 2. The zero-order valence-corrected chi connectivity index (χ0v) is 11.9. The largest absolute Gasteiger partial charge is 0.354 e. The fourth-order valence-electron chi connectivity index (χ4n) is 3.74. The Labute approximate surface area is 122 Å². The van der Waals surface area contributed by atoms with Crippen molar-refractivity contribution in [3.63, 3.8) is 0 Å². The van der Waals surface area contributed by atoms with Crippen LogP contribution >= 0.6 is 0 Å². The van der Waals surface area contributed by atoms with E-state index in [9.17, 15) is 10.1 Å². The van der Waals surface area contributed by atoms with Crippen molar-refractivity contribution in [1.82, 2.24) is 9.97 Å². The molecule has 0 spiro atoms. The topological polar surface area (TPSA) is 110 Å². The van der Waals surface area contributed by atoms with Gasteiger partial charge in [0.05, 0.1) is 4.92 Å². The Morgan fingerprint density at radius 2 is 2.05 bits per heavy atom. The number of hydrazine groups is 1. The van der Waals surface area contributed by atoms with Gasteiger partial charge < -0.3 is 10.3 Å². The Bertz CT molecular complexity index is 531. The lowest BCUT2D eigenvalue weighted by Gasteiger charge is -2.30. The zero-order chi connectivity index (χ0) is 14.8. The number of aromatic nitrogens is 2. The lowest BCUT2D eigenvalue weighted by Crippen LogP contribution is -2.36. The third-order valence-electron chi connectivity index (χ3n) is 4.64. The summed E-state index contributed by atoms with van der Waals surface area (Å²) < 4.78 is 0. The highest BCUT2D eigenvalue weighted by Gasteiger charge is 2.38. The minimum atomic E-state index is -0.450. The Morgan fingerprint density at radius 3 is 2.71 bits per heavy atom. The van der Waals surface area contributed by atoms with Crippen molar-refractivity contribution in [1.29, 1.82) is 0 Å². The summed E-state index contributed by atoms with van der Waals surface area (Å²) in [6, 6.07) is 0.353. The second kappa shape index (κ2) is 5.80. The van der Waals surface area contributed by atoms with Gasteiger partial charge >= 0.3 is 5.69 Å². The summed E-state index contributed by atoms with van der Waals surface area (Å²) >= 11 is 0. The highest BCUT2D eigenvalue weighted by atomic mass is 16.6. The molecule has 2 fully saturated rings. The Kier molecular flexibility index (Phi) is 3.87. The summed E-state index contributed by atoms with van der Waals surface area (Å²) in [6.45, 7) is 0.809. The van der Waals surface area contributed by atoms with Gasteiger partial charge in [-0.15, -0.1) is 0 Å². The Balaban J connectivity index is 1.96. The van der Waals surface area contributed by atoms with Gasteiger partial charge in [-0.1, -0.05) is 12.8 Å². The molecule has 114 valence electrons. The van der Waals surface area contributed by atoms with Gasteiger partial charge in [0.25, 0.3) is 0 Å². The van der Waals surface area contributed by atoms with Crippen LogP contribution in [0.2, 0.25) is 0 Å². The molecule has 2 heterocycles. The van der Waals surface area contributed by atoms with Crippen LogP contribution in [0.4, 0.5) is 17.3 Å². The Hall–Kier alpha value is -1.96. The first-order valence-electron chi connectivity index (χ1n) is 7.45. The number of hydrogen-bond acceptors (Lipinski definition) is 7. The van der Waals surface area contributed by atoms with E-state index in [1.165, 1.54) is 32.0 Å². The monoisotopic (exact) mass is 292 g/mol. The third kappa shape index (κ3) is 2.51. The van der Waals surface area contributed by atoms with Gasteiger partial charge in [0.15, 0.2) is 0 Å². The predicted molar refractivity (Wildman–Crippen MR) is 78.8 cm³/mol. The number of nitrogens with zero attached hydrogens (tertiary/aromatic N) is 4. The van der Waals surface area contributed by atoms with Crippen molar-refractivity contribution in [2.24, 2.45) is 11.8 Å². The van der Waals surface area contributed by atoms with Crippen LogP contribution in [0.5, 0.6) is 0 Å². The molecule has 1 saturated heterocycles. The van der Waals surface area contributed by atoms with Gasteiger partial charge in [-0.2, -0.15) is 0 Å². The molecule has 2 aliphatic rings. The van der Waals surface area contributed by atoms with Crippen LogP contribution in [0.15, 0.2) is 6.33 Å². The van der Waals surface area contributed by atoms with Crippen molar-refractivity contribution >= 4 is 17.3 Å². The van der Waals surface area contributed by atoms with Gasteiger partial charge in [-0.3, -0.25) is 10.1 Å². The molecule has 1 aromatic rings. The van der Waals surface area contributed by atoms with Crippen LogP contribution < -0.4 is 16.2 Å². The normalized spacial score (nSPS) is 22.7. The van der Waals surface area contributed by atoms with Gasteiger partial charge in [0, 0.05) is 12.6 Å². The van der Waals surface area contributed by atoms with Gasteiger partial charge in [0.1, 0.15) is 6.33 Å². The molecule has 0 radical (unpaired) electrons. The molecule has 1 unspecified atom stereocenters. The zero-order valence-electron chi connectivity index (χ0n) is 11.9. The molecule has 1 saturated carbocycles. The van der Waals surface area contributed by atoms with E-state index in [0.29, 0.717) is 17.8 Å². The number of rotatable bonds is 4. The number of nitrogens with one attached hydrogen (secondary N) is 1. The smallest absolute Gasteiger partial charge is 0.347 e. The SMILES string of the molecule is NNc1ncnc(N2CCCC2C2CCCC2)c1[N+](=O)[O-]. The average Bonchev–Trinajstić information content (AvgIpc) is 3.16. The first kappa shape index (κ1) is 14.0. The average molecular weight is 292 g/mol. The fourth-order valence-corrected chi connectivity index (χ4v) is 3.74. The number of anilines is 2. The molecule has 21 heavy (non-hydrogen) atoms. The molecule has 1 aliphatic carbocycles. The van der Waals surface area contributed by atoms with Crippen molar-refractivity contribution in [3.8, 4) is 0 Å². The minimum Gasteiger partial charge on any atom is -0.347 e. The van der Waals surface area contributed by atoms with E-state index in [1.807, 2.05) is 0 Å². The van der Waals surface area contributed by atoms with E-state index in [1.54, 1.807) is 0 Å². The van der Waals surface area contributed by atoms with Crippen LogP contribution in [-0.4, -0.2) is 27.5 Å². The lowest BCUT2D eigenvalue weighted by molar-refractivity contribution is -0.383. The van der Waals surface area contributed by atoms with Gasteiger partial charge in [0.2, 0.25) is 11.6 Å². The van der Waals surface area contributed by atoms with Crippen LogP contribution in [-0.2, 0) is 0 Å². The van der Waals surface area contributed by atoms with E-state index in [0.717, 1.165) is 19.4 Å². The number of nitrogens with two attached hydrogens (primary N) is 1. The lowest BCUT2D eigenvalue weighted by atomic mass is 9.96. The molecule has 3 N–H and O–H groups in total. The van der Waals surface area contributed by atoms with E-state index >= 15 is 0 Å². The summed E-state index contributed by atoms with van der Waals surface area (Å²) in [5.41, 5.74) is 2.19.